The van der Waals surface area contributed by atoms with Crippen molar-refractivity contribution in [3.63, 3.8) is 0 Å². The maximum Gasteiger partial charge on any atom is 0.312 e. The van der Waals surface area contributed by atoms with Crippen molar-refractivity contribution in [1.29, 1.82) is 0 Å². The Bertz CT molecular complexity index is 389. The summed E-state index contributed by atoms with van der Waals surface area (Å²) in [6, 6.07) is 5.54. The van der Waals surface area contributed by atoms with E-state index >= 15 is 0 Å². The Balaban J connectivity index is 2.24. The van der Waals surface area contributed by atoms with Crippen LogP contribution in [0.4, 0.5) is 0 Å². The number of methoxy groups -OCH3 is 1. The molecule has 1 aromatic carbocycles. The van der Waals surface area contributed by atoms with Gasteiger partial charge < -0.3 is 9.47 Å². The van der Waals surface area contributed by atoms with Gasteiger partial charge in [0, 0.05) is 0 Å². The largest absolute Gasteiger partial charge is 0.491 e. The predicted octanol–water partition coefficient (Wildman–Crippen LogP) is 2.06. The number of rotatable bonds is 1. The lowest BCUT2D eigenvalue weighted by Crippen LogP contribution is -2.29. The summed E-state index contributed by atoms with van der Waals surface area (Å²) >= 11 is 5.96. The Morgan fingerprint density at radius 3 is 3.13 bits per heavy atom. The molecule has 1 aliphatic rings. The first-order valence-corrected chi connectivity index (χ1v) is 5.08. The summed E-state index contributed by atoms with van der Waals surface area (Å²) in [6.07, 6.45) is 0.628. The molecule has 1 atom stereocenters. The van der Waals surface area contributed by atoms with Gasteiger partial charge in [-0.1, -0.05) is 23.7 Å². The van der Waals surface area contributed by atoms with Gasteiger partial charge in [-0.15, -0.1) is 0 Å². The van der Waals surface area contributed by atoms with Crippen molar-refractivity contribution in [3.05, 3.63) is 28.8 Å². The van der Waals surface area contributed by atoms with E-state index in [4.69, 9.17) is 16.3 Å². The second kappa shape index (κ2) is 4.11. The smallest absolute Gasteiger partial charge is 0.312 e. The first-order chi connectivity index (χ1) is 7.22. The van der Waals surface area contributed by atoms with Gasteiger partial charge in [-0.2, -0.15) is 0 Å². The number of ether oxygens (including phenoxy) is 2. The lowest BCUT2D eigenvalue weighted by atomic mass is 9.97. The summed E-state index contributed by atoms with van der Waals surface area (Å²) in [5, 5.41) is 0.593. The van der Waals surface area contributed by atoms with E-state index in [0.29, 0.717) is 23.8 Å². The van der Waals surface area contributed by atoms with E-state index < -0.39 is 0 Å². The summed E-state index contributed by atoms with van der Waals surface area (Å²) in [4.78, 5) is 11.3. The lowest BCUT2D eigenvalue weighted by Gasteiger charge is -2.24. The molecule has 0 aromatic heterocycles. The van der Waals surface area contributed by atoms with Crippen LogP contribution in [0.25, 0.3) is 0 Å². The molecule has 1 heterocycles. The molecule has 0 spiro atoms. The van der Waals surface area contributed by atoms with Gasteiger partial charge in [-0.05, 0) is 18.1 Å². The Hall–Kier alpha value is -1.22. The molecule has 4 heteroatoms. The van der Waals surface area contributed by atoms with Crippen LogP contribution in [0.5, 0.6) is 5.75 Å². The van der Waals surface area contributed by atoms with E-state index in [1.165, 1.54) is 7.11 Å². The zero-order valence-electron chi connectivity index (χ0n) is 8.33. The van der Waals surface area contributed by atoms with Crippen molar-refractivity contribution in [2.75, 3.05) is 13.7 Å². The molecule has 1 aliphatic heterocycles. The third-order valence-electron chi connectivity index (χ3n) is 2.48. The normalized spacial score (nSPS) is 18.9. The number of fused-ring (bicyclic) bond motifs is 1. The maximum atomic E-state index is 11.3. The fourth-order valence-corrected chi connectivity index (χ4v) is 1.95. The average Bonchev–Trinajstić information content (AvgIpc) is 2.28. The number of carbonyl (C=O) groups is 1. The highest BCUT2D eigenvalue weighted by atomic mass is 35.5. The summed E-state index contributed by atoms with van der Waals surface area (Å²) in [6.45, 7) is 0.337. The molecule has 2 rings (SSSR count). The minimum absolute atomic E-state index is 0.221. The van der Waals surface area contributed by atoms with Crippen LogP contribution in [-0.4, -0.2) is 19.7 Å². The Morgan fingerprint density at radius 2 is 2.40 bits per heavy atom. The second-order valence-corrected chi connectivity index (χ2v) is 3.87. The van der Waals surface area contributed by atoms with Crippen molar-refractivity contribution >= 4 is 17.6 Å². The van der Waals surface area contributed by atoms with Gasteiger partial charge in [-0.25, -0.2) is 0 Å². The zero-order chi connectivity index (χ0) is 10.8. The predicted molar refractivity (Wildman–Crippen MR) is 56.2 cm³/mol. The Morgan fingerprint density at radius 1 is 1.60 bits per heavy atom. The Labute approximate surface area is 92.9 Å². The number of para-hydroxylation sites is 1. The first-order valence-electron chi connectivity index (χ1n) is 4.70. The number of halogens is 1. The molecule has 0 saturated carbocycles. The van der Waals surface area contributed by atoms with E-state index in [9.17, 15) is 4.79 Å². The van der Waals surface area contributed by atoms with E-state index in [2.05, 4.69) is 4.74 Å². The maximum absolute atomic E-state index is 11.3. The van der Waals surface area contributed by atoms with Crippen LogP contribution in [0.3, 0.4) is 0 Å². The third kappa shape index (κ3) is 1.92. The molecule has 0 amide bonds. The standard InChI is InChI=1S/C11H11ClO3/c1-14-11(13)8-5-7-3-2-4-9(12)10(7)15-6-8/h2-4,8H,5-6H2,1H3. The average molecular weight is 227 g/mol. The van der Waals surface area contributed by atoms with Gasteiger partial charge >= 0.3 is 5.97 Å². The molecule has 0 aliphatic carbocycles. The number of hydrogen-bond acceptors (Lipinski definition) is 3. The molecule has 0 bridgehead atoms. The van der Waals surface area contributed by atoms with Crippen LogP contribution >= 0.6 is 11.6 Å². The van der Waals surface area contributed by atoms with Crippen molar-refractivity contribution in [1.82, 2.24) is 0 Å². The van der Waals surface area contributed by atoms with Crippen molar-refractivity contribution in [2.45, 2.75) is 6.42 Å². The van der Waals surface area contributed by atoms with Crippen molar-refractivity contribution in [3.8, 4) is 5.75 Å². The molecule has 1 unspecified atom stereocenters. The van der Waals surface area contributed by atoms with Crippen LogP contribution < -0.4 is 4.74 Å². The van der Waals surface area contributed by atoms with Gasteiger partial charge in [0.05, 0.1) is 18.1 Å². The second-order valence-electron chi connectivity index (χ2n) is 3.46. The molecule has 0 fully saturated rings. The molecule has 80 valence electrons. The topological polar surface area (TPSA) is 35.5 Å². The summed E-state index contributed by atoms with van der Waals surface area (Å²) in [5.41, 5.74) is 0.962. The number of hydrogen-bond donors (Lipinski definition) is 0. The molecule has 1 aromatic rings. The number of esters is 1. The molecule has 15 heavy (non-hydrogen) atoms. The third-order valence-corrected chi connectivity index (χ3v) is 2.78. The lowest BCUT2D eigenvalue weighted by molar-refractivity contribution is -0.146. The highest BCUT2D eigenvalue weighted by Gasteiger charge is 2.27. The van der Waals surface area contributed by atoms with Crippen molar-refractivity contribution in [2.24, 2.45) is 5.92 Å². The number of carbonyl (C=O) groups excluding carboxylic acids is 1. The van der Waals surface area contributed by atoms with Gasteiger partial charge in [-0.3, -0.25) is 4.79 Å². The molecule has 3 nitrogen and oxygen atoms in total. The summed E-state index contributed by atoms with van der Waals surface area (Å²) < 4.78 is 10.1. The van der Waals surface area contributed by atoms with E-state index in [-0.39, 0.29) is 11.9 Å². The van der Waals surface area contributed by atoms with Crippen LogP contribution in [0.2, 0.25) is 5.02 Å². The van der Waals surface area contributed by atoms with E-state index in [1.807, 2.05) is 12.1 Å². The zero-order valence-corrected chi connectivity index (χ0v) is 9.08. The molecule has 0 saturated heterocycles. The van der Waals surface area contributed by atoms with Crippen LogP contribution in [0.15, 0.2) is 18.2 Å². The van der Waals surface area contributed by atoms with Crippen molar-refractivity contribution < 1.29 is 14.3 Å². The fraction of sp³-hybridized carbons (Fsp3) is 0.364. The number of benzene rings is 1. The quantitative estimate of drug-likeness (QED) is 0.688. The highest BCUT2D eigenvalue weighted by Crippen LogP contribution is 2.34. The Kier molecular flexibility index (Phi) is 2.82. The first kappa shape index (κ1) is 10.3. The minimum Gasteiger partial charge on any atom is -0.491 e. The van der Waals surface area contributed by atoms with E-state index in [1.54, 1.807) is 6.07 Å². The molecular formula is C11H11ClO3. The minimum atomic E-state index is -0.236. The van der Waals surface area contributed by atoms with Crippen LogP contribution in [0, 0.1) is 5.92 Å². The van der Waals surface area contributed by atoms with Gasteiger partial charge in [0.2, 0.25) is 0 Å². The van der Waals surface area contributed by atoms with Gasteiger partial charge in [0.1, 0.15) is 12.4 Å². The molecular weight excluding hydrogens is 216 g/mol. The van der Waals surface area contributed by atoms with E-state index in [0.717, 1.165) is 5.56 Å². The fourth-order valence-electron chi connectivity index (χ4n) is 1.70. The van der Waals surface area contributed by atoms with Gasteiger partial charge in [0.15, 0.2) is 0 Å². The highest BCUT2D eigenvalue weighted by molar-refractivity contribution is 6.32. The SMILES string of the molecule is COC(=O)C1COc2c(Cl)cccc2C1. The monoisotopic (exact) mass is 226 g/mol. The summed E-state index contributed by atoms with van der Waals surface area (Å²) in [5.74, 6) is 0.237. The molecule has 0 radical (unpaired) electrons. The van der Waals surface area contributed by atoms with Crippen LogP contribution in [-0.2, 0) is 16.0 Å². The molecule has 0 N–H and O–H groups in total. The van der Waals surface area contributed by atoms with Crippen LogP contribution in [0.1, 0.15) is 5.56 Å². The summed E-state index contributed by atoms with van der Waals surface area (Å²) in [7, 11) is 1.38. The van der Waals surface area contributed by atoms with Gasteiger partial charge in [0.25, 0.3) is 0 Å².